The molecule has 0 aliphatic carbocycles. The van der Waals surface area contributed by atoms with E-state index in [9.17, 15) is 14.7 Å². The summed E-state index contributed by atoms with van der Waals surface area (Å²) in [5.41, 5.74) is -0.956. The molecule has 0 aliphatic rings. The first-order valence-corrected chi connectivity index (χ1v) is 12.2. The number of aliphatic carboxylic acids is 2. The topological polar surface area (TPSA) is 74.6 Å². The van der Waals surface area contributed by atoms with Crippen molar-refractivity contribution in [1.82, 2.24) is 0 Å². The summed E-state index contributed by atoms with van der Waals surface area (Å²) in [6.45, 7) is 7.32. The molecule has 4 nitrogen and oxygen atoms in total. The highest BCUT2D eigenvalue weighted by molar-refractivity contribution is 5.79. The van der Waals surface area contributed by atoms with Gasteiger partial charge in [0.25, 0.3) is 0 Å². The molecule has 0 bridgehead atoms. The summed E-state index contributed by atoms with van der Waals surface area (Å²) in [6.07, 6.45) is 24.6. The van der Waals surface area contributed by atoms with Crippen LogP contribution in [0, 0.1) is 5.41 Å². The van der Waals surface area contributed by atoms with E-state index in [-0.39, 0.29) is 0 Å². The molecule has 0 aromatic heterocycles. The van der Waals surface area contributed by atoms with Crippen LogP contribution < -0.4 is 0 Å². The molecular formula is C26H46O4. The zero-order chi connectivity index (χ0) is 22.5. The van der Waals surface area contributed by atoms with Gasteiger partial charge in [-0.05, 0) is 12.8 Å². The van der Waals surface area contributed by atoms with E-state index >= 15 is 0 Å². The summed E-state index contributed by atoms with van der Waals surface area (Å²) in [5.74, 6) is -1.52. The fourth-order valence-electron chi connectivity index (χ4n) is 3.91. The van der Waals surface area contributed by atoms with Gasteiger partial charge in [0.2, 0.25) is 0 Å². The van der Waals surface area contributed by atoms with Gasteiger partial charge in [0.05, 0.1) is 0 Å². The summed E-state index contributed by atoms with van der Waals surface area (Å²) in [6, 6.07) is 0. The van der Waals surface area contributed by atoms with Gasteiger partial charge in [-0.15, -0.1) is 13.2 Å². The lowest BCUT2D eigenvalue weighted by atomic mass is 9.83. The zero-order valence-corrected chi connectivity index (χ0v) is 19.2. The summed E-state index contributed by atoms with van der Waals surface area (Å²) in [4.78, 5) is 21.8. The molecule has 0 radical (unpaired) electrons. The molecule has 0 atom stereocenters. The average Bonchev–Trinajstić information content (AvgIpc) is 2.72. The van der Waals surface area contributed by atoms with E-state index in [1.54, 1.807) is 0 Å². The molecule has 0 fully saturated rings. The van der Waals surface area contributed by atoms with E-state index in [2.05, 4.69) is 13.2 Å². The molecular weight excluding hydrogens is 376 g/mol. The molecule has 0 unspecified atom stereocenters. The predicted molar refractivity (Wildman–Crippen MR) is 126 cm³/mol. The van der Waals surface area contributed by atoms with Crippen LogP contribution in [0.15, 0.2) is 25.3 Å². The van der Waals surface area contributed by atoms with Gasteiger partial charge in [-0.25, -0.2) is 0 Å². The van der Waals surface area contributed by atoms with Crippen LogP contribution in [0.5, 0.6) is 0 Å². The first kappa shape index (κ1) is 28.4. The molecule has 0 amide bonds. The van der Waals surface area contributed by atoms with Crippen LogP contribution >= 0.6 is 0 Å². The lowest BCUT2D eigenvalue weighted by Gasteiger charge is -2.21. The van der Waals surface area contributed by atoms with Crippen molar-refractivity contribution in [2.75, 3.05) is 0 Å². The van der Waals surface area contributed by atoms with E-state index < -0.39 is 17.4 Å². The second kappa shape index (κ2) is 19.4. The molecule has 0 aromatic rings. The fourth-order valence-corrected chi connectivity index (χ4v) is 3.91. The monoisotopic (exact) mass is 422 g/mol. The summed E-state index contributed by atoms with van der Waals surface area (Å²) < 4.78 is 0. The Hall–Kier alpha value is -1.58. The molecule has 30 heavy (non-hydrogen) atoms. The van der Waals surface area contributed by atoms with Crippen molar-refractivity contribution in [1.29, 1.82) is 0 Å². The standard InChI is InChI=1S/C26H46O4/c1-3-26(4-2,25(29)30)23-21-19-17-15-13-11-9-7-5-6-8-10-12-14-16-18-20-22-24(27)28/h3-4H,1-2,5-23H2,(H,27,28)(H,29,30). The van der Waals surface area contributed by atoms with Gasteiger partial charge in [0.1, 0.15) is 5.41 Å². The molecule has 0 heterocycles. The van der Waals surface area contributed by atoms with Gasteiger partial charge >= 0.3 is 11.9 Å². The number of rotatable bonds is 23. The Morgan fingerprint density at radius 3 is 1.13 bits per heavy atom. The van der Waals surface area contributed by atoms with Crippen molar-refractivity contribution in [3.05, 3.63) is 25.3 Å². The van der Waals surface area contributed by atoms with E-state index in [1.165, 1.54) is 95.6 Å². The van der Waals surface area contributed by atoms with E-state index in [0.717, 1.165) is 25.7 Å². The van der Waals surface area contributed by atoms with Crippen molar-refractivity contribution in [2.45, 2.75) is 122 Å². The largest absolute Gasteiger partial charge is 0.481 e. The van der Waals surface area contributed by atoms with Crippen LogP contribution in [0.1, 0.15) is 122 Å². The van der Waals surface area contributed by atoms with Crippen molar-refractivity contribution in [3.8, 4) is 0 Å². The van der Waals surface area contributed by atoms with Crippen molar-refractivity contribution in [2.24, 2.45) is 5.41 Å². The SMILES string of the molecule is C=CC(C=C)(CCCCCCCCCCCCCCCCCCCC(=O)O)C(=O)O. The number of carboxylic acids is 2. The lowest BCUT2D eigenvalue weighted by Crippen LogP contribution is -2.25. The molecule has 4 heteroatoms. The van der Waals surface area contributed by atoms with Gasteiger partial charge in [0, 0.05) is 6.42 Å². The van der Waals surface area contributed by atoms with Crippen LogP contribution in [-0.2, 0) is 9.59 Å². The minimum Gasteiger partial charge on any atom is -0.481 e. The van der Waals surface area contributed by atoms with Crippen molar-refractivity contribution in [3.63, 3.8) is 0 Å². The van der Waals surface area contributed by atoms with Crippen molar-refractivity contribution >= 4 is 11.9 Å². The van der Waals surface area contributed by atoms with Gasteiger partial charge < -0.3 is 10.2 Å². The van der Waals surface area contributed by atoms with E-state index in [0.29, 0.717) is 12.8 Å². The Kier molecular flexibility index (Phi) is 18.4. The number of carboxylic acid groups (broad SMARTS) is 2. The molecule has 0 saturated heterocycles. The number of unbranched alkanes of at least 4 members (excludes halogenated alkanes) is 16. The molecule has 0 rings (SSSR count). The van der Waals surface area contributed by atoms with E-state index in [1.807, 2.05) is 0 Å². The highest BCUT2D eigenvalue weighted by atomic mass is 16.4. The van der Waals surface area contributed by atoms with Crippen molar-refractivity contribution < 1.29 is 19.8 Å². The maximum absolute atomic E-state index is 11.4. The first-order chi connectivity index (χ1) is 14.5. The van der Waals surface area contributed by atoms with Gasteiger partial charge in [-0.3, -0.25) is 9.59 Å². The first-order valence-electron chi connectivity index (χ1n) is 12.2. The summed E-state index contributed by atoms with van der Waals surface area (Å²) >= 11 is 0. The Morgan fingerprint density at radius 1 is 0.567 bits per heavy atom. The third kappa shape index (κ3) is 15.3. The van der Waals surface area contributed by atoms with Crippen LogP contribution in [-0.4, -0.2) is 22.2 Å². The normalized spacial score (nSPS) is 11.3. The van der Waals surface area contributed by atoms with E-state index in [4.69, 9.17) is 5.11 Å². The predicted octanol–water partition coefficient (Wildman–Crippen LogP) is 7.93. The number of hydrogen-bond acceptors (Lipinski definition) is 2. The Labute approximate surface area is 184 Å². The maximum Gasteiger partial charge on any atom is 0.317 e. The smallest absolute Gasteiger partial charge is 0.317 e. The Morgan fingerprint density at radius 2 is 0.867 bits per heavy atom. The second-order valence-electron chi connectivity index (χ2n) is 8.66. The highest BCUT2D eigenvalue weighted by Gasteiger charge is 2.30. The van der Waals surface area contributed by atoms with Crippen LogP contribution in [0.2, 0.25) is 0 Å². The number of carbonyl (C=O) groups is 2. The van der Waals surface area contributed by atoms with Crippen LogP contribution in [0.3, 0.4) is 0 Å². The van der Waals surface area contributed by atoms with Crippen LogP contribution in [0.25, 0.3) is 0 Å². The summed E-state index contributed by atoms with van der Waals surface area (Å²) in [5, 5.41) is 17.9. The third-order valence-corrected chi connectivity index (χ3v) is 6.11. The summed E-state index contributed by atoms with van der Waals surface area (Å²) in [7, 11) is 0. The Balaban J connectivity index is 3.30. The maximum atomic E-state index is 11.4. The number of hydrogen-bond donors (Lipinski definition) is 2. The fraction of sp³-hybridized carbons (Fsp3) is 0.769. The minimum atomic E-state index is -0.956. The molecule has 0 spiro atoms. The van der Waals surface area contributed by atoms with Crippen LogP contribution in [0.4, 0.5) is 0 Å². The van der Waals surface area contributed by atoms with Gasteiger partial charge in [-0.2, -0.15) is 0 Å². The molecule has 0 aliphatic heterocycles. The Bertz CT molecular complexity index is 462. The zero-order valence-electron chi connectivity index (χ0n) is 19.2. The average molecular weight is 423 g/mol. The molecule has 0 saturated carbocycles. The molecule has 174 valence electrons. The van der Waals surface area contributed by atoms with Gasteiger partial charge in [0.15, 0.2) is 0 Å². The molecule has 0 aromatic carbocycles. The van der Waals surface area contributed by atoms with Gasteiger partial charge in [-0.1, -0.05) is 115 Å². The second-order valence-corrected chi connectivity index (χ2v) is 8.66. The highest BCUT2D eigenvalue weighted by Crippen LogP contribution is 2.28. The third-order valence-electron chi connectivity index (χ3n) is 6.11. The quantitative estimate of drug-likeness (QED) is 0.129. The minimum absolute atomic E-state index is 0.318. The molecule has 2 N–H and O–H groups in total. The lowest BCUT2D eigenvalue weighted by molar-refractivity contribution is -0.144.